The topological polar surface area (TPSA) is 84.9 Å². The highest BCUT2D eigenvalue weighted by Crippen LogP contribution is 2.28. The molecule has 7 nitrogen and oxygen atoms in total. The van der Waals surface area contributed by atoms with Gasteiger partial charge in [-0.05, 0) is 64.0 Å². The van der Waals surface area contributed by atoms with Gasteiger partial charge in [-0.25, -0.2) is 0 Å². The quantitative estimate of drug-likeness (QED) is 0.302. The van der Waals surface area contributed by atoms with Gasteiger partial charge in [0.15, 0.2) is 0 Å². The molecule has 7 heteroatoms. The van der Waals surface area contributed by atoms with Crippen molar-refractivity contribution in [3.63, 3.8) is 0 Å². The summed E-state index contributed by atoms with van der Waals surface area (Å²) in [6, 6.07) is 18.8. The van der Waals surface area contributed by atoms with Crippen LogP contribution in [0.5, 0.6) is 0 Å². The Morgan fingerprint density at radius 1 is 1.03 bits per heavy atom. The van der Waals surface area contributed by atoms with E-state index >= 15 is 0 Å². The molecule has 3 rings (SSSR count). The smallest absolute Gasteiger partial charge is 0.326 e. The first kappa shape index (κ1) is 30.4. The Labute approximate surface area is 233 Å². The van der Waals surface area contributed by atoms with Gasteiger partial charge < -0.3 is 14.4 Å². The third-order valence-corrected chi connectivity index (χ3v) is 6.86. The zero-order valence-electron chi connectivity index (χ0n) is 23.9. The molecule has 0 bridgehead atoms. The lowest BCUT2D eigenvalue weighted by Crippen LogP contribution is -2.53. The normalized spacial score (nSPS) is 18.8. The molecule has 1 N–H and O–H groups in total. The van der Waals surface area contributed by atoms with Crippen LogP contribution in [0, 0.1) is 0 Å². The molecule has 0 aromatic heterocycles. The molecule has 0 saturated carbocycles. The number of hydrogen-bond acceptors (Lipinski definition) is 6. The monoisotopic (exact) mass is 536 g/mol. The summed E-state index contributed by atoms with van der Waals surface area (Å²) in [5.74, 6) is -0.897. The zero-order valence-corrected chi connectivity index (χ0v) is 23.9. The van der Waals surface area contributed by atoms with Crippen LogP contribution < -0.4 is 5.32 Å². The Morgan fingerprint density at radius 2 is 1.69 bits per heavy atom. The van der Waals surface area contributed by atoms with E-state index in [0.29, 0.717) is 32.4 Å². The molecule has 2 aromatic carbocycles. The van der Waals surface area contributed by atoms with Crippen molar-refractivity contribution < 1.29 is 23.9 Å². The number of nitrogens with zero attached hydrogens (tertiary/aromatic N) is 1. The first-order valence-electron chi connectivity index (χ1n) is 14.2. The highest BCUT2D eigenvalue weighted by atomic mass is 16.6. The molecule has 0 radical (unpaired) electrons. The summed E-state index contributed by atoms with van der Waals surface area (Å²) < 4.78 is 11.1. The molecule has 212 valence electrons. The summed E-state index contributed by atoms with van der Waals surface area (Å²) in [4.78, 5) is 41.3. The number of amides is 1. The van der Waals surface area contributed by atoms with Crippen LogP contribution in [0.1, 0.15) is 76.8 Å². The van der Waals surface area contributed by atoms with Gasteiger partial charge in [-0.15, -0.1) is 0 Å². The lowest BCUT2D eigenvalue weighted by Gasteiger charge is -2.29. The molecule has 1 saturated heterocycles. The van der Waals surface area contributed by atoms with Gasteiger partial charge in [-0.1, -0.05) is 74.0 Å². The van der Waals surface area contributed by atoms with E-state index in [-0.39, 0.29) is 24.3 Å². The number of ether oxygens (including phenoxy) is 2. The molecule has 1 amide bonds. The summed E-state index contributed by atoms with van der Waals surface area (Å²) in [6.45, 7) is 8.13. The van der Waals surface area contributed by atoms with Gasteiger partial charge in [-0.3, -0.25) is 19.7 Å². The molecule has 1 aliphatic heterocycles. The summed E-state index contributed by atoms with van der Waals surface area (Å²) in [7, 11) is 0. The van der Waals surface area contributed by atoms with E-state index in [0.717, 1.165) is 30.4 Å². The predicted molar refractivity (Wildman–Crippen MR) is 152 cm³/mol. The SMILES string of the molecule is CCCCOC(=O)C(CCc1ccccc1)NC1CCC(c2ccccc2)CN(CC(=O)OC(C)(C)C)C1=O. The van der Waals surface area contributed by atoms with E-state index in [1.807, 2.05) is 76.2 Å². The lowest BCUT2D eigenvalue weighted by atomic mass is 9.93. The van der Waals surface area contributed by atoms with Crippen molar-refractivity contribution >= 4 is 17.8 Å². The number of rotatable bonds is 12. The van der Waals surface area contributed by atoms with Crippen molar-refractivity contribution in [2.24, 2.45) is 0 Å². The molecule has 3 unspecified atom stereocenters. The van der Waals surface area contributed by atoms with Gasteiger partial charge in [-0.2, -0.15) is 0 Å². The van der Waals surface area contributed by atoms with Crippen LogP contribution in [-0.2, 0) is 30.3 Å². The number of esters is 2. The second-order valence-corrected chi connectivity index (χ2v) is 11.3. The van der Waals surface area contributed by atoms with E-state index < -0.39 is 23.7 Å². The van der Waals surface area contributed by atoms with Crippen molar-refractivity contribution in [1.29, 1.82) is 0 Å². The minimum atomic E-state index is -0.646. The molecule has 2 aromatic rings. The number of benzene rings is 2. The van der Waals surface area contributed by atoms with E-state index in [1.165, 1.54) is 0 Å². The Bertz CT molecular complexity index is 1050. The maximum Gasteiger partial charge on any atom is 0.326 e. The van der Waals surface area contributed by atoms with Gasteiger partial charge in [0.25, 0.3) is 0 Å². The number of aryl methyl sites for hydroxylation is 1. The summed E-state index contributed by atoms with van der Waals surface area (Å²) >= 11 is 0. The lowest BCUT2D eigenvalue weighted by molar-refractivity contribution is -0.159. The predicted octanol–water partition coefficient (Wildman–Crippen LogP) is 5.04. The fourth-order valence-corrected chi connectivity index (χ4v) is 4.87. The van der Waals surface area contributed by atoms with E-state index in [2.05, 4.69) is 17.4 Å². The van der Waals surface area contributed by atoms with E-state index in [4.69, 9.17) is 9.47 Å². The van der Waals surface area contributed by atoms with Crippen LogP contribution in [-0.4, -0.2) is 60.1 Å². The third-order valence-electron chi connectivity index (χ3n) is 6.86. The highest BCUT2D eigenvalue weighted by Gasteiger charge is 2.36. The Hall–Kier alpha value is -3.19. The Balaban J connectivity index is 1.80. The van der Waals surface area contributed by atoms with Crippen LogP contribution in [0.15, 0.2) is 60.7 Å². The van der Waals surface area contributed by atoms with Crippen LogP contribution in [0.2, 0.25) is 0 Å². The molecule has 3 atom stereocenters. The molecular weight excluding hydrogens is 492 g/mol. The average Bonchev–Trinajstić information content (AvgIpc) is 3.05. The van der Waals surface area contributed by atoms with Crippen molar-refractivity contribution in [1.82, 2.24) is 10.2 Å². The van der Waals surface area contributed by atoms with E-state index in [1.54, 1.807) is 4.90 Å². The fourth-order valence-electron chi connectivity index (χ4n) is 4.87. The number of carbonyl (C=O) groups is 3. The van der Waals surface area contributed by atoms with Crippen molar-refractivity contribution in [3.8, 4) is 0 Å². The Kier molecular flexibility index (Phi) is 11.5. The molecule has 1 fully saturated rings. The molecule has 1 aliphatic rings. The van der Waals surface area contributed by atoms with Gasteiger partial charge in [0.2, 0.25) is 5.91 Å². The van der Waals surface area contributed by atoms with Gasteiger partial charge in [0.05, 0.1) is 12.6 Å². The van der Waals surface area contributed by atoms with E-state index in [9.17, 15) is 14.4 Å². The Morgan fingerprint density at radius 3 is 2.33 bits per heavy atom. The molecule has 0 aliphatic carbocycles. The molecular formula is C32H44N2O5. The summed E-state index contributed by atoms with van der Waals surface area (Å²) in [5.41, 5.74) is 1.60. The number of carbonyl (C=O) groups excluding carboxylic acids is 3. The van der Waals surface area contributed by atoms with Crippen molar-refractivity contribution in [2.45, 2.75) is 89.8 Å². The van der Waals surface area contributed by atoms with Crippen LogP contribution in [0.4, 0.5) is 0 Å². The molecule has 1 heterocycles. The van der Waals surface area contributed by atoms with Gasteiger partial charge in [0.1, 0.15) is 18.2 Å². The highest BCUT2D eigenvalue weighted by molar-refractivity contribution is 5.87. The van der Waals surface area contributed by atoms with Crippen LogP contribution in [0.3, 0.4) is 0 Å². The van der Waals surface area contributed by atoms with Crippen molar-refractivity contribution in [2.75, 3.05) is 19.7 Å². The largest absolute Gasteiger partial charge is 0.465 e. The number of unbranched alkanes of at least 4 members (excludes halogenated alkanes) is 1. The third kappa shape index (κ3) is 10.1. The van der Waals surface area contributed by atoms with Crippen molar-refractivity contribution in [3.05, 3.63) is 71.8 Å². The standard InChI is InChI=1S/C32H44N2O5/c1-5-6-21-38-31(37)28(19-17-24-13-9-7-10-14-24)33-27-20-18-26(25-15-11-8-12-16-25)22-34(30(27)36)23-29(35)39-32(2,3)4/h7-16,26-28,33H,5-6,17-23H2,1-4H3. The van der Waals surface area contributed by atoms with Gasteiger partial charge >= 0.3 is 11.9 Å². The van der Waals surface area contributed by atoms with Crippen LogP contribution in [0.25, 0.3) is 0 Å². The second-order valence-electron chi connectivity index (χ2n) is 11.3. The maximum absolute atomic E-state index is 13.8. The molecule has 39 heavy (non-hydrogen) atoms. The summed E-state index contributed by atoms with van der Waals surface area (Å²) in [6.07, 6.45) is 4.20. The second kappa shape index (κ2) is 14.8. The molecule has 0 spiro atoms. The average molecular weight is 537 g/mol. The number of nitrogens with one attached hydrogen (secondary N) is 1. The fraction of sp³-hybridized carbons (Fsp3) is 0.531. The van der Waals surface area contributed by atoms with Gasteiger partial charge in [0, 0.05) is 12.5 Å². The summed E-state index contributed by atoms with van der Waals surface area (Å²) in [5, 5.41) is 3.35. The first-order valence-corrected chi connectivity index (χ1v) is 14.2. The zero-order chi connectivity index (χ0) is 28.3. The first-order chi connectivity index (χ1) is 18.7. The van der Waals surface area contributed by atoms with Crippen LogP contribution >= 0.6 is 0 Å². The maximum atomic E-state index is 13.8. The number of hydrogen-bond donors (Lipinski definition) is 1. The number of likely N-dealkylation sites (tertiary alicyclic amines) is 1. The minimum Gasteiger partial charge on any atom is -0.465 e. The minimum absolute atomic E-state index is 0.0728.